The van der Waals surface area contributed by atoms with E-state index in [-0.39, 0.29) is 5.92 Å². The maximum absolute atomic E-state index is 9.61. The van der Waals surface area contributed by atoms with Crippen LogP contribution in [0.1, 0.15) is 34.7 Å². The van der Waals surface area contributed by atoms with Gasteiger partial charge in [0.05, 0.1) is 33.5 Å². The molecule has 0 aliphatic carbocycles. The lowest BCUT2D eigenvalue weighted by Crippen LogP contribution is -2.15. The highest BCUT2D eigenvalue weighted by atomic mass is 32.1. The van der Waals surface area contributed by atoms with Gasteiger partial charge in [0.2, 0.25) is 5.88 Å². The fourth-order valence-corrected chi connectivity index (χ4v) is 4.09. The third-order valence-corrected chi connectivity index (χ3v) is 5.32. The van der Waals surface area contributed by atoms with E-state index in [4.69, 9.17) is 4.52 Å². The van der Waals surface area contributed by atoms with Gasteiger partial charge in [-0.25, -0.2) is 0 Å². The van der Waals surface area contributed by atoms with Gasteiger partial charge in [-0.15, -0.1) is 11.3 Å². The summed E-state index contributed by atoms with van der Waals surface area (Å²) in [5.74, 6) is 0.481. The number of H-pyrrole nitrogens is 1. The number of nitrogens with zero attached hydrogens (tertiary/aromatic N) is 3. The number of thiophene rings is 1. The quantitative estimate of drug-likeness (QED) is 0.716. The molecule has 4 rings (SSSR count). The summed E-state index contributed by atoms with van der Waals surface area (Å²) in [5, 5.41) is 24.1. The maximum Gasteiger partial charge on any atom is 0.233 e. The molecule has 0 radical (unpaired) electrons. The molecule has 7 heteroatoms. The number of aromatic nitrogens is 3. The molecule has 0 spiro atoms. The number of nitriles is 1. The van der Waals surface area contributed by atoms with Crippen molar-refractivity contribution < 1.29 is 4.52 Å². The minimum Gasteiger partial charge on any atom is -0.338 e. The zero-order chi connectivity index (χ0) is 15.4. The van der Waals surface area contributed by atoms with Crippen LogP contribution >= 0.6 is 11.3 Å². The van der Waals surface area contributed by atoms with Crippen molar-refractivity contribution in [2.45, 2.75) is 26.7 Å². The van der Waals surface area contributed by atoms with Gasteiger partial charge in [0.25, 0.3) is 0 Å². The van der Waals surface area contributed by atoms with Crippen molar-refractivity contribution in [3.63, 3.8) is 0 Å². The third kappa shape index (κ3) is 1.64. The second kappa shape index (κ2) is 4.45. The molecule has 1 unspecified atom stereocenters. The lowest BCUT2D eigenvalue weighted by atomic mass is 9.86. The van der Waals surface area contributed by atoms with Crippen LogP contribution in [-0.4, -0.2) is 15.4 Å². The lowest BCUT2D eigenvalue weighted by Gasteiger charge is -2.22. The predicted molar refractivity (Wildman–Crippen MR) is 83.7 cm³/mol. The number of aromatic amines is 1. The van der Waals surface area contributed by atoms with Crippen LogP contribution < -0.4 is 5.32 Å². The summed E-state index contributed by atoms with van der Waals surface area (Å²) < 4.78 is 6.48. The number of anilines is 1. The van der Waals surface area contributed by atoms with E-state index in [0.29, 0.717) is 11.5 Å². The van der Waals surface area contributed by atoms with Crippen LogP contribution in [0.3, 0.4) is 0 Å². The smallest absolute Gasteiger partial charge is 0.233 e. The first-order valence-electron chi connectivity index (χ1n) is 6.88. The summed E-state index contributed by atoms with van der Waals surface area (Å²) in [5.41, 5.74) is 5.22. The largest absolute Gasteiger partial charge is 0.338 e. The minimum absolute atomic E-state index is 0.147. The Hall–Kier alpha value is -2.59. The number of aryl methyl sites for hydroxylation is 2. The van der Waals surface area contributed by atoms with Crippen molar-refractivity contribution >= 4 is 27.4 Å². The Morgan fingerprint density at radius 2 is 2.18 bits per heavy atom. The topological polar surface area (TPSA) is 90.5 Å². The Bertz CT molecular complexity index is 968. The predicted octanol–water partition coefficient (Wildman–Crippen LogP) is 3.58. The number of fused-ring (bicyclic) bond motifs is 2. The molecule has 0 aromatic carbocycles. The van der Waals surface area contributed by atoms with Gasteiger partial charge < -0.3 is 9.84 Å². The summed E-state index contributed by atoms with van der Waals surface area (Å²) in [6.45, 7) is 5.79. The first-order chi connectivity index (χ1) is 10.6. The van der Waals surface area contributed by atoms with Crippen molar-refractivity contribution in [2.24, 2.45) is 0 Å². The van der Waals surface area contributed by atoms with Crippen LogP contribution in [0.25, 0.3) is 10.2 Å². The molecule has 4 heterocycles. The van der Waals surface area contributed by atoms with E-state index in [1.54, 1.807) is 11.3 Å². The first-order valence-corrected chi connectivity index (χ1v) is 7.70. The second-order valence-electron chi connectivity index (χ2n) is 5.43. The van der Waals surface area contributed by atoms with Gasteiger partial charge in [-0.05, 0) is 26.8 Å². The van der Waals surface area contributed by atoms with E-state index >= 15 is 0 Å². The molecular formula is C15H13N5OS. The van der Waals surface area contributed by atoms with Gasteiger partial charge in [0.1, 0.15) is 5.52 Å². The normalized spacial score (nSPS) is 17.5. The molecule has 110 valence electrons. The summed E-state index contributed by atoms with van der Waals surface area (Å²) >= 11 is 1.66. The van der Waals surface area contributed by atoms with E-state index in [1.807, 2.05) is 26.8 Å². The van der Waals surface area contributed by atoms with Gasteiger partial charge >= 0.3 is 0 Å². The fourth-order valence-electron chi connectivity index (χ4n) is 2.93. The molecule has 1 atom stereocenters. The second-order valence-corrected chi connectivity index (χ2v) is 6.51. The van der Waals surface area contributed by atoms with E-state index in [0.717, 1.165) is 37.7 Å². The Morgan fingerprint density at radius 1 is 1.36 bits per heavy atom. The Balaban J connectivity index is 1.98. The molecule has 22 heavy (non-hydrogen) atoms. The Labute approximate surface area is 130 Å². The van der Waals surface area contributed by atoms with E-state index in [9.17, 15) is 5.26 Å². The summed E-state index contributed by atoms with van der Waals surface area (Å²) in [4.78, 5) is 1.08. The van der Waals surface area contributed by atoms with Crippen LogP contribution in [0, 0.1) is 25.2 Å². The number of rotatable bonds is 1. The van der Waals surface area contributed by atoms with E-state index in [1.165, 1.54) is 0 Å². The molecule has 3 aromatic rings. The number of hydrogen-bond donors (Lipinski definition) is 2. The SMILES string of the molecule is CC1=C(C#N)C(c2cc3n[nH]c(C)c3s2)c2c(C)noc2N1. The van der Waals surface area contributed by atoms with Crippen LogP contribution in [0.5, 0.6) is 0 Å². The molecular weight excluding hydrogens is 298 g/mol. The molecule has 0 fully saturated rings. The average molecular weight is 311 g/mol. The zero-order valence-corrected chi connectivity index (χ0v) is 13.1. The third-order valence-electron chi connectivity index (χ3n) is 4.01. The zero-order valence-electron chi connectivity index (χ0n) is 12.3. The van der Waals surface area contributed by atoms with Crippen LogP contribution in [0.15, 0.2) is 21.9 Å². The molecule has 0 bridgehead atoms. The number of nitrogens with one attached hydrogen (secondary N) is 2. The van der Waals surface area contributed by atoms with Crippen LogP contribution in [-0.2, 0) is 0 Å². The van der Waals surface area contributed by atoms with Gasteiger partial charge in [-0.3, -0.25) is 5.10 Å². The molecule has 0 amide bonds. The van der Waals surface area contributed by atoms with E-state index < -0.39 is 0 Å². The summed E-state index contributed by atoms with van der Waals surface area (Å²) in [6.07, 6.45) is 0. The number of allylic oxidation sites excluding steroid dienone is 2. The van der Waals surface area contributed by atoms with E-state index in [2.05, 4.69) is 26.7 Å². The minimum atomic E-state index is -0.147. The van der Waals surface area contributed by atoms with Crippen LogP contribution in [0.2, 0.25) is 0 Å². The lowest BCUT2D eigenvalue weighted by molar-refractivity contribution is 0.428. The fraction of sp³-hybridized carbons (Fsp3) is 0.267. The van der Waals surface area contributed by atoms with Crippen molar-refractivity contribution in [2.75, 3.05) is 5.32 Å². The highest BCUT2D eigenvalue weighted by Crippen LogP contribution is 2.46. The van der Waals surface area contributed by atoms with Gasteiger partial charge in [-0.1, -0.05) is 5.16 Å². The summed E-state index contributed by atoms with van der Waals surface area (Å²) in [6, 6.07) is 4.38. The molecule has 2 N–H and O–H groups in total. The molecule has 1 aliphatic heterocycles. The van der Waals surface area contributed by atoms with Crippen molar-refractivity contribution in [3.05, 3.63) is 39.2 Å². The summed E-state index contributed by atoms with van der Waals surface area (Å²) in [7, 11) is 0. The average Bonchev–Trinajstić information content (AvgIpc) is 3.15. The molecule has 3 aromatic heterocycles. The van der Waals surface area contributed by atoms with Crippen molar-refractivity contribution in [3.8, 4) is 6.07 Å². The molecule has 0 saturated heterocycles. The van der Waals surface area contributed by atoms with Gasteiger partial charge in [-0.2, -0.15) is 10.4 Å². The molecule has 0 saturated carbocycles. The number of hydrogen-bond acceptors (Lipinski definition) is 6. The van der Waals surface area contributed by atoms with Crippen molar-refractivity contribution in [1.82, 2.24) is 15.4 Å². The highest BCUT2D eigenvalue weighted by molar-refractivity contribution is 7.19. The monoisotopic (exact) mass is 311 g/mol. The standard InChI is InChI=1S/C15H13N5OS/c1-6-9(5-16)13(12-7(2)20-21-15(12)17-6)11-4-10-14(22-11)8(3)18-19-10/h4,13,17H,1-3H3,(H,18,19). The highest BCUT2D eigenvalue weighted by Gasteiger charge is 2.34. The Kier molecular flexibility index (Phi) is 2.65. The van der Waals surface area contributed by atoms with Gasteiger partial charge in [0, 0.05) is 16.3 Å². The van der Waals surface area contributed by atoms with Gasteiger partial charge in [0.15, 0.2) is 0 Å². The van der Waals surface area contributed by atoms with Crippen molar-refractivity contribution in [1.29, 1.82) is 5.26 Å². The van der Waals surface area contributed by atoms with Crippen LogP contribution in [0.4, 0.5) is 5.88 Å². The molecule has 6 nitrogen and oxygen atoms in total. The maximum atomic E-state index is 9.61. The first kappa shape index (κ1) is 13.1. The molecule has 1 aliphatic rings. The Morgan fingerprint density at radius 3 is 2.91 bits per heavy atom.